The van der Waals surface area contributed by atoms with Gasteiger partial charge in [-0.05, 0) is 31.6 Å². The van der Waals surface area contributed by atoms with Crippen molar-refractivity contribution in [3.05, 3.63) is 11.9 Å². The molecule has 1 aromatic rings. The van der Waals surface area contributed by atoms with E-state index in [1.165, 1.54) is 25.7 Å². The lowest BCUT2D eigenvalue weighted by atomic mass is 9.87. The summed E-state index contributed by atoms with van der Waals surface area (Å²) in [5.41, 5.74) is 0.670. The molecule has 1 saturated carbocycles. The van der Waals surface area contributed by atoms with Crippen LogP contribution in [-0.2, 0) is 6.61 Å². The Morgan fingerprint density at radius 3 is 2.71 bits per heavy atom. The van der Waals surface area contributed by atoms with Gasteiger partial charge in [-0.3, -0.25) is 0 Å². The van der Waals surface area contributed by atoms with Gasteiger partial charge in [0.25, 0.3) is 0 Å². The molecule has 1 aromatic heterocycles. The highest BCUT2D eigenvalue weighted by atomic mass is 16.3. The molecule has 0 unspecified atom stereocenters. The molecular weight excluding hydrogens is 178 g/mol. The highest BCUT2D eigenvalue weighted by molar-refractivity contribution is 4.91. The number of nitrogens with zero attached hydrogens (tertiary/aromatic N) is 3. The molecule has 2 rings (SSSR count). The lowest BCUT2D eigenvalue weighted by Crippen LogP contribution is -2.17. The Balaban J connectivity index is 2.01. The van der Waals surface area contributed by atoms with Gasteiger partial charge in [-0.2, -0.15) is 0 Å². The Labute approximate surface area is 83.9 Å². The predicted molar refractivity (Wildman–Crippen MR) is 52.6 cm³/mol. The minimum absolute atomic E-state index is 0.0108. The van der Waals surface area contributed by atoms with Gasteiger partial charge in [-0.15, -0.1) is 5.10 Å². The summed E-state index contributed by atoms with van der Waals surface area (Å²) in [5.74, 6) is 0.854. The van der Waals surface area contributed by atoms with Crippen LogP contribution in [0.3, 0.4) is 0 Å². The van der Waals surface area contributed by atoms with Crippen LogP contribution >= 0.6 is 0 Å². The second kappa shape index (κ2) is 4.09. The zero-order valence-corrected chi connectivity index (χ0v) is 8.56. The quantitative estimate of drug-likeness (QED) is 0.778. The molecular formula is C10H17N3O. The van der Waals surface area contributed by atoms with Gasteiger partial charge >= 0.3 is 0 Å². The molecule has 0 aromatic carbocycles. The Morgan fingerprint density at radius 2 is 2.14 bits per heavy atom. The van der Waals surface area contributed by atoms with E-state index >= 15 is 0 Å². The third-order valence-corrected chi connectivity index (χ3v) is 3.08. The molecule has 0 radical (unpaired) electrons. The Kier molecular flexibility index (Phi) is 2.82. The van der Waals surface area contributed by atoms with Crippen molar-refractivity contribution in [2.75, 3.05) is 0 Å². The van der Waals surface area contributed by atoms with Crippen molar-refractivity contribution >= 4 is 0 Å². The van der Waals surface area contributed by atoms with E-state index < -0.39 is 0 Å². The van der Waals surface area contributed by atoms with E-state index in [1.54, 1.807) is 0 Å². The van der Waals surface area contributed by atoms with E-state index in [-0.39, 0.29) is 6.61 Å². The van der Waals surface area contributed by atoms with Gasteiger partial charge in [0.2, 0.25) is 0 Å². The minimum atomic E-state index is -0.0108. The fraction of sp³-hybridized carbons (Fsp3) is 0.800. The molecule has 1 fully saturated rings. The first-order chi connectivity index (χ1) is 6.79. The Bertz CT molecular complexity index is 289. The van der Waals surface area contributed by atoms with Crippen LogP contribution in [0.1, 0.15) is 44.3 Å². The number of hydrogen-bond donors (Lipinski definition) is 1. The van der Waals surface area contributed by atoms with Gasteiger partial charge in [0, 0.05) is 0 Å². The summed E-state index contributed by atoms with van der Waals surface area (Å²) in [7, 11) is 0. The van der Waals surface area contributed by atoms with Gasteiger partial charge in [0.1, 0.15) is 5.69 Å². The fourth-order valence-corrected chi connectivity index (χ4v) is 2.07. The minimum Gasteiger partial charge on any atom is -0.390 e. The maximum Gasteiger partial charge on any atom is 0.108 e. The smallest absolute Gasteiger partial charge is 0.108 e. The first-order valence-electron chi connectivity index (χ1n) is 5.31. The second-order valence-electron chi connectivity index (χ2n) is 4.26. The highest BCUT2D eigenvalue weighted by Crippen LogP contribution is 2.31. The van der Waals surface area contributed by atoms with Crippen LogP contribution < -0.4 is 0 Å². The van der Waals surface area contributed by atoms with Crippen molar-refractivity contribution in [2.24, 2.45) is 5.92 Å². The third kappa shape index (κ3) is 1.95. The zero-order chi connectivity index (χ0) is 9.97. The van der Waals surface area contributed by atoms with Crippen molar-refractivity contribution in [3.8, 4) is 0 Å². The van der Waals surface area contributed by atoms with Crippen molar-refractivity contribution < 1.29 is 5.11 Å². The van der Waals surface area contributed by atoms with Gasteiger partial charge in [-0.25, -0.2) is 4.68 Å². The van der Waals surface area contributed by atoms with E-state index in [0.29, 0.717) is 11.7 Å². The van der Waals surface area contributed by atoms with Gasteiger partial charge in [0.05, 0.1) is 18.8 Å². The van der Waals surface area contributed by atoms with Crippen LogP contribution in [0.2, 0.25) is 0 Å². The molecule has 78 valence electrons. The van der Waals surface area contributed by atoms with Crippen LogP contribution in [0.4, 0.5) is 0 Å². The fourth-order valence-electron chi connectivity index (χ4n) is 2.07. The molecule has 14 heavy (non-hydrogen) atoms. The lowest BCUT2D eigenvalue weighted by molar-refractivity contribution is 0.270. The maximum atomic E-state index is 8.88. The molecule has 1 aliphatic rings. The van der Waals surface area contributed by atoms with Crippen LogP contribution in [0.15, 0.2) is 6.20 Å². The molecule has 0 saturated heterocycles. The van der Waals surface area contributed by atoms with Crippen molar-refractivity contribution in [3.63, 3.8) is 0 Å². The number of aliphatic hydroxyl groups is 1. The van der Waals surface area contributed by atoms with Crippen LogP contribution in [-0.4, -0.2) is 20.1 Å². The van der Waals surface area contributed by atoms with E-state index in [0.717, 1.165) is 5.92 Å². The summed E-state index contributed by atoms with van der Waals surface area (Å²) in [6.45, 7) is 2.29. The maximum absolute atomic E-state index is 8.88. The normalized spacial score (nSPS) is 27.9. The molecule has 0 bridgehead atoms. The number of hydrogen-bond acceptors (Lipinski definition) is 3. The van der Waals surface area contributed by atoms with Crippen molar-refractivity contribution in [1.29, 1.82) is 0 Å². The number of aliphatic hydroxyl groups excluding tert-OH is 1. The molecule has 4 heteroatoms. The van der Waals surface area contributed by atoms with Crippen LogP contribution in [0.25, 0.3) is 0 Å². The number of rotatable bonds is 2. The summed E-state index contributed by atoms with van der Waals surface area (Å²) in [6, 6.07) is 0.499. The predicted octanol–water partition coefficient (Wildman–Crippen LogP) is 1.52. The Morgan fingerprint density at radius 1 is 1.43 bits per heavy atom. The topological polar surface area (TPSA) is 50.9 Å². The first kappa shape index (κ1) is 9.65. The molecule has 4 nitrogen and oxygen atoms in total. The highest BCUT2D eigenvalue weighted by Gasteiger charge is 2.20. The largest absolute Gasteiger partial charge is 0.390 e. The molecule has 0 spiro atoms. The number of aromatic nitrogens is 3. The van der Waals surface area contributed by atoms with Crippen LogP contribution in [0, 0.1) is 5.92 Å². The van der Waals surface area contributed by atoms with E-state index in [2.05, 4.69) is 17.2 Å². The van der Waals surface area contributed by atoms with Crippen LogP contribution in [0.5, 0.6) is 0 Å². The van der Waals surface area contributed by atoms with Crippen molar-refractivity contribution in [2.45, 2.75) is 45.3 Å². The van der Waals surface area contributed by atoms with E-state index in [9.17, 15) is 0 Å². The summed E-state index contributed by atoms with van der Waals surface area (Å²) in [5, 5.41) is 16.8. The molecule has 0 amide bonds. The summed E-state index contributed by atoms with van der Waals surface area (Å²) < 4.78 is 1.91. The third-order valence-electron chi connectivity index (χ3n) is 3.08. The molecule has 0 aliphatic heterocycles. The molecule has 0 atom stereocenters. The van der Waals surface area contributed by atoms with Gasteiger partial charge < -0.3 is 5.11 Å². The Hall–Kier alpha value is -0.900. The summed E-state index contributed by atoms with van der Waals surface area (Å²) in [6.07, 6.45) is 6.80. The van der Waals surface area contributed by atoms with Crippen molar-refractivity contribution in [1.82, 2.24) is 15.0 Å². The SMILES string of the molecule is CC1CCC(n2cc(CO)nn2)CC1. The average Bonchev–Trinajstić information content (AvgIpc) is 2.67. The standard InChI is InChI=1S/C10H17N3O/c1-8-2-4-10(5-3-8)13-6-9(7-14)11-12-13/h6,8,10,14H,2-5,7H2,1H3. The first-order valence-corrected chi connectivity index (χ1v) is 5.31. The molecule has 1 heterocycles. The van der Waals surface area contributed by atoms with E-state index in [4.69, 9.17) is 5.11 Å². The van der Waals surface area contributed by atoms with E-state index in [1.807, 2.05) is 10.9 Å². The van der Waals surface area contributed by atoms with Gasteiger partial charge in [-0.1, -0.05) is 12.1 Å². The zero-order valence-electron chi connectivity index (χ0n) is 8.56. The average molecular weight is 195 g/mol. The lowest BCUT2D eigenvalue weighted by Gasteiger charge is -2.25. The summed E-state index contributed by atoms with van der Waals surface area (Å²) in [4.78, 5) is 0. The monoisotopic (exact) mass is 195 g/mol. The van der Waals surface area contributed by atoms with Gasteiger partial charge in [0.15, 0.2) is 0 Å². The molecule has 1 N–H and O–H groups in total. The summed E-state index contributed by atoms with van der Waals surface area (Å²) >= 11 is 0. The molecule has 1 aliphatic carbocycles. The second-order valence-corrected chi connectivity index (χ2v) is 4.26.